The zero-order valence-electron chi connectivity index (χ0n) is 16.9. The normalized spacial score (nSPS) is 11.7. The Labute approximate surface area is 172 Å². The molecule has 1 atom stereocenters. The molecule has 4 heteroatoms. The van der Waals surface area contributed by atoms with Gasteiger partial charge in [0.15, 0.2) is 0 Å². The summed E-state index contributed by atoms with van der Waals surface area (Å²) in [6.45, 7) is 0.583. The fourth-order valence-corrected chi connectivity index (χ4v) is 3.53. The van der Waals surface area contributed by atoms with Gasteiger partial charge in [-0.2, -0.15) is 0 Å². The average Bonchev–Trinajstić information content (AvgIpc) is 2.76. The number of phenols is 1. The van der Waals surface area contributed by atoms with Gasteiger partial charge >= 0.3 is 0 Å². The lowest BCUT2D eigenvalue weighted by Crippen LogP contribution is -2.26. The van der Waals surface area contributed by atoms with Gasteiger partial charge in [0.05, 0.1) is 7.11 Å². The van der Waals surface area contributed by atoms with E-state index < -0.39 is 0 Å². The predicted molar refractivity (Wildman–Crippen MR) is 115 cm³/mol. The molecule has 1 N–H and O–H groups in total. The Bertz CT molecular complexity index is 925. The van der Waals surface area contributed by atoms with Gasteiger partial charge in [-0.05, 0) is 35.7 Å². The van der Waals surface area contributed by atoms with E-state index in [9.17, 15) is 9.90 Å². The first-order chi connectivity index (χ1) is 14.1. The second kappa shape index (κ2) is 9.78. The third-order valence-electron chi connectivity index (χ3n) is 5.15. The molecule has 0 spiro atoms. The molecule has 0 heterocycles. The van der Waals surface area contributed by atoms with Crippen LogP contribution < -0.4 is 4.74 Å². The first-order valence-electron chi connectivity index (χ1n) is 9.78. The van der Waals surface area contributed by atoms with Crippen molar-refractivity contribution in [2.75, 3.05) is 14.2 Å². The molecule has 0 bridgehead atoms. The molecule has 0 saturated heterocycles. The Kier molecular flexibility index (Phi) is 6.90. The van der Waals surface area contributed by atoms with Gasteiger partial charge in [-0.1, -0.05) is 60.7 Å². The molecule has 0 aliphatic rings. The van der Waals surface area contributed by atoms with Crippen molar-refractivity contribution in [2.24, 2.45) is 0 Å². The summed E-state index contributed by atoms with van der Waals surface area (Å²) in [7, 11) is 3.44. The molecule has 4 nitrogen and oxygen atoms in total. The highest BCUT2D eigenvalue weighted by Crippen LogP contribution is 2.37. The van der Waals surface area contributed by atoms with Crippen LogP contribution in [-0.4, -0.2) is 30.1 Å². The van der Waals surface area contributed by atoms with Crippen LogP contribution in [0.5, 0.6) is 11.5 Å². The van der Waals surface area contributed by atoms with Crippen LogP contribution >= 0.6 is 0 Å². The second-order valence-corrected chi connectivity index (χ2v) is 7.16. The Morgan fingerprint density at radius 3 is 2.31 bits per heavy atom. The van der Waals surface area contributed by atoms with Crippen LogP contribution in [0.3, 0.4) is 0 Å². The largest absolute Gasteiger partial charge is 0.508 e. The van der Waals surface area contributed by atoms with Crippen molar-refractivity contribution in [1.29, 1.82) is 0 Å². The SMILES string of the molecule is COc1ccc(O)c(C(CCC(=O)N(C)Cc2ccccc2)c2ccccc2)c1. The molecular formula is C25H27NO3. The van der Waals surface area contributed by atoms with Crippen LogP contribution in [0.4, 0.5) is 0 Å². The molecule has 3 aromatic rings. The molecule has 1 unspecified atom stereocenters. The molecule has 1 amide bonds. The van der Waals surface area contributed by atoms with Crippen molar-refractivity contribution >= 4 is 5.91 Å². The summed E-state index contributed by atoms with van der Waals surface area (Å²) < 4.78 is 5.34. The van der Waals surface area contributed by atoms with Crippen molar-refractivity contribution in [1.82, 2.24) is 4.90 Å². The van der Waals surface area contributed by atoms with Crippen molar-refractivity contribution < 1.29 is 14.6 Å². The molecular weight excluding hydrogens is 362 g/mol. The monoisotopic (exact) mass is 389 g/mol. The first kappa shape index (κ1) is 20.5. The Morgan fingerprint density at radius 2 is 1.66 bits per heavy atom. The summed E-state index contributed by atoms with van der Waals surface area (Å²) in [6.07, 6.45) is 0.988. The minimum Gasteiger partial charge on any atom is -0.508 e. The molecule has 0 saturated carbocycles. The highest BCUT2D eigenvalue weighted by atomic mass is 16.5. The van der Waals surface area contributed by atoms with E-state index in [4.69, 9.17) is 4.74 Å². The lowest BCUT2D eigenvalue weighted by atomic mass is 9.86. The maximum atomic E-state index is 12.8. The quantitative estimate of drug-likeness (QED) is 0.592. The number of carbonyl (C=O) groups excluding carboxylic acids is 1. The lowest BCUT2D eigenvalue weighted by Gasteiger charge is -2.22. The van der Waals surface area contributed by atoms with Crippen molar-refractivity contribution in [3.63, 3.8) is 0 Å². The van der Waals surface area contributed by atoms with E-state index in [0.717, 1.165) is 16.7 Å². The number of hydrogen-bond acceptors (Lipinski definition) is 3. The van der Waals surface area contributed by atoms with Crippen LogP contribution in [0.25, 0.3) is 0 Å². The maximum absolute atomic E-state index is 12.8. The summed E-state index contributed by atoms with van der Waals surface area (Å²) in [5, 5.41) is 10.5. The molecule has 0 radical (unpaired) electrons. The molecule has 3 rings (SSSR count). The van der Waals surface area contributed by atoms with E-state index >= 15 is 0 Å². The third kappa shape index (κ3) is 5.38. The van der Waals surface area contributed by atoms with Crippen molar-refractivity contribution in [2.45, 2.75) is 25.3 Å². The van der Waals surface area contributed by atoms with E-state index in [1.54, 1.807) is 24.1 Å². The number of benzene rings is 3. The Hall–Kier alpha value is -3.27. The van der Waals surface area contributed by atoms with Gasteiger partial charge in [0.2, 0.25) is 5.91 Å². The van der Waals surface area contributed by atoms with Gasteiger partial charge < -0.3 is 14.7 Å². The Balaban J connectivity index is 1.77. The Morgan fingerprint density at radius 1 is 1.00 bits per heavy atom. The zero-order valence-corrected chi connectivity index (χ0v) is 16.9. The summed E-state index contributed by atoms with van der Waals surface area (Å²) >= 11 is 0. The average molecular weight is 389 g/mol. The number of nitrogens with zero attached hydrogens (tertiary/aromatic N) is 1. The van der Waals surface area contributed by atoms with E-state index in [1.807, 2.05) is 73.8 Å². The van der Waals surface area contributed by atoms with Crippen LogP contribution in [-0.2, 0) is 11.3 Å². The maximum Gasteiger partial charge on any atom is 0.222 e. The highest BCUT2D eigenvalue weighted by molar-refractivity contribution is 5.76. The molecule has 3 aromatic carbocycles. The van der Waals surface area contributed by atoms with Gasteiger partial charge in [0.25, 0.3) is 0 Å². The molecule has 0 fully saturated rings. The minimum absolute atomic E-state index is 0.0807. The van der Waals surface area contributed by atoms with Crippen LogP contribution in [0.1, 0.15) is 35.4 Å². The fourth-order valence-electron chi connectivity index (χ4n) is 3.53. The number of phenolic OH excluding ortho intramolecular Hbond substituents is 1. The van der Waals surface area contributed by atoms with Gasteiger partial charge in [0.1, 0.15) is 11.5 Å². The standard InChI is InChI=1S/C25H27NO3/c1-26(18-19-9-5-3-6-10-19)25(28)16-14-22(20-11-7-4-8-12-20)23-17-21(29-2)13-15-24(23)27/h3-13,15,17,22,27H,14,16,18H2,1-2H3. The van der Waals surface area contributed by atoms with E-state index in [0.29, 0.717) is 25.1 Å². The number of hydrogen-bond donors (Lipinski definition) is 1. The van der Waals surface area contributed by atoms with Gasteiger partial charge in [0, 0.05) is 31.5 Å². The number of methoxy groups -OCH3 is 1. The van der Waals surface area contributed by atoms with Crippen LogP contribution in [0, 0.1) is 0 Å². The summed E-state index contributed by atoms with van der Waals surface area (Å²) in [5.74, 6) is 0.883. The summed E-state index contributed by atoms with van der Waals surface area (Å²) in [6, 6.07) is 25.2. The van der Waals surface area contributed by atoms with Gasteiger partial charge in [-0.3, -0.25) is 4.79 Å². The number of carbonyl (C=O) groups is 1. The topological polar surface area (TPSA) is 49.8 Å². The number of aromatic hydroxyl groups is 1. The number of amides is 1. The van der Waals surface area contributed by atoms with Crippen molar-refractivity contribution in [3.05, 3.63) is 95.6 Å². The fraction of sp³-hybridized carbons (Fsp3) is 0.240. The smallest absolute Gasteiger partial charge is 0.222 e. The lowest BCUT2D eigenvalue weighted by molar-refractivity contribution is -0.130. The molecule has 29 heavy (non-hydrogen) atoms. The van der Waals surface area contributed by atoms with Crippen molar-refractivity contribution in [3.8, 4) is 11.5 Å². The minimum atomic E-state index is -0.0969. The van der Waals surface area contributed by atoms with Gasteiger partial charge in [-0.25, -0.2) is 0 Å². The van der Waals surface area contributed by atoms with E-state index in [1.165, 1.54) is 0 Å². The summed E-state index contributed by atoms with van der Waals surface area (Å²) in [4.78, 5) is 14.5. The third-order valence-corrected chi connectivity index (χ3v) is 5.15. The first-order valence-corrected chi connectivity index (χ1v) is 9.78. The molecule has 150 valence electrons. The molecule has 0 aromatic heterocycles. The van der Waals surface area contributed by atoms with Gasteiger partial charge in [-0.15, -0.1) is 0 Å². The molecule has 0 aliphatic heterocycles. The summed E-state index contributed by atoms with van der Waals surface area (Å²) in [5.41, 5.74) is 2.94. The van der Waals surface area contributed by atoms with Crippen LogP contribution in [0.2, 0.25) is 0 Å². The zero-order chi connectivity index (χ0) is 20.6. The highest BCUT2D eigenvalue weighted by Gasteiger charge is 2.21. The number of rotatable bonds is 8. The predicted octanol–water partition coefficient (Wildman–Crippen LogP) is 4.97. The van der Waals surface area contributed by atoms with E-state index in [2.05, 4.69) is 0 Å². The van der Waals surface area contributed by atoms with E-state index in [-0.39, 0.29) is 17.6 Å². The number of ether oxygens (including phenoxy) is 1. The molecule has 0 aliphatic carbocycles. The second-order valence-electron chi connectivity index (χ2n) is 7.16. The van der Waals surface area contributed by atoms with Crippen LogP contribution in [0.15, 0.2) is 78.9 Å².